The van der Waals surface area contributed by atoms with Crippen LogP contribution >= 0.6 is 0 Å². The Kier molecular flexibility index (Phi) is 5.81. The van der Waals surface area contributed by atoms with Crippen molar-refractivity contribution in [3.8, 4) is 6.07 Å². The van der Waals surface area contributed by atoms with Crippen LogP contribution < -0.4 is 5.32 Å². The third kappa shape index (κ3) is 3.29. The number of hydrogen-bond donors (Lipinski definition) is 1. The molecule has 0 aliphatic heterocycles. The molecule has 3 saturated carbocycles. The molecular formula is C32H44N2O3. The van der Waals surface area contributed by atoms with Gasteiger partial charge in [0.25, 0.3) is 0 Å². The molecule has 1 amide bonds. The molecular weight excluding hydrogens is 460 g/mol. The normalized spacial score (nSPS) is 46.2. The van der Waals surface area contributed by atoms with Crippen LogP contribution in [0.3, 0.4) is 0 Å². The lowest BCUT2D eigenvalue weighted by molar-refractivity contribution is -0.177. The molecule has 0 radical (unpaired) electrons. The highest BCUT2D eigenvalue weighted by atomic mass is 16.2. The first-order valence-corrected chi connectivity index (χ1v) is 14.4. The van der Waals surface area contributed by atoms with Crippen molar-refractivity contribution in [1.29, 1.82) is 5.26 Å². The van der Waals surface area contributed by atoms with Crippen molar-refractivity contribution in [3.63, 3.8) is 0 Å². The van der Waals surface area contributed by atoms with Crippen molar-refractivity contribution < 1.29 is 14.4 Å². The van der Waals surface area contributed by atoms with Crippen LogP contribution in [-0.4, -0.2) is 24.0 Å². The number of rotatable bonds is 2. The first-order chi connectivity index (χ1) is 17.2. The minimum atomic E-state index is -0.491. The van der Waals surface area contributed by atoms with E-state index in [0.717, 1.165) is 50.5 Å². The molecule has 5 aliphatic rings. The van der Waals surface area contributed by atoms with E-state index < -0.39 is 10.8 Å². The maximum Gasteiger partial charge on any atom is 0.226 e. The molecule has 0 aromatic rings. The van der Waals surface area contributed by atoms with E-state index in [1.54, 1.807) is 0 Å². The Morgan fingerprint density at radius 3 is 2.38 bits per heavy atom. The fraction of sp³-hybridized carbons (Fsp3) is 0.750. The third-order valence-corrected chi connectivity index (χ3v) is 12.3. The Morgan fingerprint density at radius 2 is 1.73 bits per heavy atom. The van der Waals surface area contributed by atoms with Crippen molar-refractivity contribution >= 4 is 17.5 Å². The molecule has 200 valence electrons. The third-order valence-electron chi connectivity index (χ3n) is 12.3. The molecule has 5 rings (SSSR count). The molecule has 5 aliphatic carbocycles. The zero-order valence-electron chi connectivity index (χ0n) is 23.8. The molecule has 0 aromatic carbocycles. The van der Waals surface area contributed by atoms with Gasteiger partial charge in [0.15, 0.2) is 11.6 Å². The number of nitrogens with one attached hydrogen (secondary N) is 1. The summed E-state index contributed by atoms with van der Waals surface area (Å²) < 4.78 is 0. The van der Waals surface area contributed by atoms with Gasteiger partial charge in [-0.1, -0.05) is 53.2 Å². The summed E-state index contributed by atoms with van der Waals surface area (Å²) in [6.45, 7) is 15.9. The number of carbonyl (C=O) groups excluding carboxylic acids is 3. The van der Waals surface area contributed by atoms with Gasteiger partial charge in [-0.2, -0.15) is 5.26 Å². The first-order valence-electron chi connectivity index (χ1n) is 14.4. The molecule has 8 atom stereocenters. The van der Waals surface area contributed by atoms with Crippen molar-refractivity contribution in [2.24, 2.45) is 50.7 Å². The van der Waals surface area contributed by atoms with Crippen LogP contribution in [0.1, 0.15) is 93.4 Å². The molecule has 0 aromatic heterocycles. The quantitative estimate of drug-likeness (QED) is 0.503. The summed E-state index contributed by atoms with van der Waals surface area (Å²) in [6.07, 6.45) is 10.0. The number of Topliss-reactive ketones (excluding diaryl/α,β-unsaturated/α-hetero) is 1. The Hall–Kier alpha value is -2.22. The van der Waals surface area contributed by atoms with E-state index in [4.69, 9.17) is 0 Å². The maximum absolute atomic E-state index is 14.4. The van der Waals surface area contributed by atoms with Gasteiger partial charge in [-0.15, -0.1) is 0 Å². The van der Waals surface area contributed by atoms with Crippen LogP contribution in [0, 0.1) is 62.1 Å². The minimum absolute atomic E-state index is 0.0197. The summed E-state index contributed by atoms with van der Waals surface area (Å²) in [5.41, 5.74) is -0.0262. The minimum Gasteiger partial charge on any atom is -0.356 e. The second-order valence-electron chi connectivity index (χ2n) is 14.4. The van der Waals surface area contributed by atoms with Crippen molar-refractivity contribution in [1.82, 2.24) is 5.32 Å². The predicted molar refractivity (Wildman–Crippen MR) is 143 cm³/mol. The molecule has 0 bridgehead atoms. The van der Waals surface area contributed by atoms with Crippen LogP contribution in [0.15, 0.2) is 23.3 Å². The summed E-state index contributed by atoms with van der Waals surface area (Å²) in [6, 6.07) is 2.16. The molecule has 5 nitrogen and oxygen atoms in total. The lowest BCUT2D eigenvalue weighted by atomic mass is 9.34. The summed E-state index contributed by atoms with van der Waals surface area (Å²) in [7, 11) is 0. The van der Waals surface area contributed by atoms with Gasteiger partial charge in [-0.05, 0) is 86.0 Å². The number of ketones is 2. The summed E-state index contributed by atoms with van der Waals surface area (Å²) in [5.74, 6) is -0.0749. The largest absolute Gasteiger partial charge is 0.356 e. The van der Waals surface area contributed by atoms with Crippen LogP contribution in [0.2, 0.25) is 0 Å². The topological polar surface area (TPSA) is 87.0 Å². The monoisotopic (exact) mass is 504 g/mol. The van der Waals surface area contributed by atoms with E-state index >= 15 is 0 Å². The van der Waals surface area contributed by atoms with Crippen LogP contribution in [0.25, 0.3) is 0 Å². The van der Waals surface area contributed by atoms with Crippen LogP contribution in [0.4, 0.5) is 0 Å². The molecule has 0 spiro atoms. The van der Waals surface area contributed by atoms with Gasteiger partial charge in [-0.3, -0.25) is 14.4 Å². The molecule has 3 fully saturated rings. The number of allylic oxidation sites excluding steroid dienone is 4. The van der Waals surface area contributed by atoms with E-state index in [0.29, 0.717) is 6.54 Å². The zero-order chi connectivity index (χ0) is 27.2. The van der Waals surface area contributed by atoms with E-state index in [1.165, 1.54) is 0 Å². The standard InChI is InChI=1S/C32H44N2O3/c1-8-34-27(37)32-13-11-28(3,4)17-22(32)25-23(35)15-24-29(5)16-20(18-33)26(36)19(2)21(29)9-10-30(24,6)31(25,7)12-14-32/h15-16,19,21-22,25H,8-14,17H2,1-7H3,(H,34,37)/t19-,21?,22?,25?,29-,30+,31+,32-/m0/s1. The molecule has 37 heavy (non-hydrogen) atoms. The maximum atomic E-state index is 14.4. The average molecular weight is 505 g/mol. The first kappa shape index (κ1) is 26.4. The number of fused-ring (bicyclic) bond motifs is 7. The highest BCUT2D eigenvalue weighted by Crippen LogP contribution is 2.73. The molecule has 3 unspecified atom stereocenters. The van der Waals surface area contributed by atoms with Gasteiger partial charge in [0.05, 0.1) is 11.0 Å². The van der Waals surface area contributed by atoms with Crippen molar-refractivity contribution in [2.75, 3.05) is 6.54 Å². The van der Waals surface area contributed by atoms with E-state index in [1.807, 2.05) is 26.0 Å². The lowest BCUT2D eigenvalue weighted by Gasteiger charge is -2.68. The number of hydrogen-bond acceptors (Lipinski definition) is 4. The van der Waals surface area contributed by atoms with E-state index in [2.05, 4.69) is 46.0 Å². The second kappa shape index (κ2) is 8.14. The second-order valence-corrected chi connectivity index (χ2v) is 14.4. The van der Waals surface area contributed by atoms with Crippen LogP contribution in [0.5, 0.6) is 0 Å². The zero-order valence-corrected chi connectivity index (χ0v) is 23.8. The lowest BCUT2D eigenvalue weighted by Crippen LogP contribution is -2.66. The number of carbonyl (C=O) groups is 3. The molecule has 0 saturated heterocycles. The Labute approximate surface area is 222 Å². The van der Waals surface area contributed by atoms with Gasteiger partial charge in [-0.25, -0.2) is 0 Å². The van der Waals surface area contributed by atoms with Gasteiger partial charge in [0.1, 0.15) is 6.07 Å². The van der Waals surface area contributed by atoms with Gasteiger partial charge >= 0.3 is 0 Å². The molecule has 5 heteroatoms. The highest BCUT2D eigenvalue weighted by molar-refractivity contribution is 6.02. The fourth-order valence-electron chi connectivity index (χ4n) is 9.99. The number of nitrogens with zero attached hydrogens (tertiary/aromatic N) is 1. The average Bonchev–Trinajstić information content (AvgIpc) is 2.82. The number of amides is 1. The highest BCUT2D eigenvalue weighted by Gasteiger charge is 2.70. The summed E-state index contributed by atoms with van der Waals surface area (Å²) in [4.78, 5) is 41.0. The van der Waals surface area contributed by atoms with E-state index in [-0.39, 0.29) is 63.0 Å². The van der Waals surface area contributed by atoms with Crippen LogP contribution in [-0.2, 0) is 14.4 Å². The van der Waals surface area contributed by atoms with Gasteiger partial charge in [0.2, 0.25) is 5.91 Å². The van der Waals surface area contributed by atoms with E-state index in [9.17, 15) is 19.6 Å². The van der Waals surface area contributed by atoms with Crippen molar-refractivity contribution in [3.05, 3.63) is 23.3 Å². The predicted octanol–water partition coefficient (Wildman–Crippen LogP) is 5.95. The SMILES string of the molecule is CCNC(=O)[C@]12CCC(C)(C)CC1C1C(=O)C=C3[C@@]4(C)C=C(C#N)C(=O)[C@@H](C)C4CC[C@@]3(C)[C@]1(C)CC2. The number of nitriles is 1. The van der Waals surface area contributed by atoms with Gasteiger partial charge in [0, 0.05) is 23.8 Å². The smallest absolute Gasteiger partial charge is 0.226 e. The van der Waals surface area contributed by atoms with Gasteiger partial charge < -0.3 is 5.32 Å². The Morgan fingerprint density at radius 1 is 1.05 bits per heavy atom. The molecule has 1 N–H and O–H groups in total. The van der Waals surface area contributed by atoms with Crippen molar-refractivity contribution in [2.45, 2.75) is 93.4 Å². The summed E-state index contributed by atoms with van der Waals surface area (Å²) in [5, 5.41) is 12.9. The Balaban J connectivity index is 1.68. The Bertz CT molecular complexity index is 1170. The summed E-state index contributed by atoms with van der Waals surface area (Å²) >= 11 is 0. The molecule has 0 heterocycles. The fourth-order valence-corrected chi connectivity index (χ4v) is 9.99.